The van der Waals surface area contributed by atoms with Gasteiger partial charge in [-0.1, -0.05) is 47.3 Å². The van der Waals surface area contributed by atoms with Crippen molar-refractivity contribution in [1.82, 2.24) is 10.2 Å². The predicted octanol–water partition coefficient (Wildman–Crippen LogP) is 4.30. The highest BCUT2D eigenvalue weighted by molar-refractivity contribution is 6.68. The average Bonchev–Trinajstić information content (AvgIpc) is 2.70. The standard InChI is InChI=1S/C19H24Cl3N3O4/c20-19(21,22)18(23-17(26)13-5-3-7-15(11-13)25(27)28)29-12-14-6-4-10-24-9-2-1-8-16(14)24/h3,5,7,11,14,16,18H,1-2,4,6,8-10,12H2,(H,23,26)/t14?,16-,18?/m1/s1. The first-order valence-electron chi connectivity index (χ1n) is 9.73. The molecule has 29 heavy (non-hydrogen) atoms. The van der Waals surface area contributed by atoms with E-state index >= 15 is 0 Å². The first-order valence-corrected chi connectivity index (χ1v) is 10.9. The number of hydrogen-bond acceptors (Lipinski definition) is 5. The third-order valence-corrected chi connectivity index (χ3v) is 6.18. The molecule has 2 unspecified atom stereocenters. The van der Waals surface area contributed by atoms with Gasteiger partial charge in [-0.25, -0.2) is 0 Å². The lowest BCUT2D eigenvalue weighted by atomic mass is 9.84. The molecule has 10 heteroatoms. The van der Waals surface area contributed by atoms with Gasteiger partial charge < -0.3 is 15.0 Å². The van der Waals surface area contributed by atoms with Crippen molar-refractivity contribution in [3.05, 3.63) is 39.9 Å². The summed E-state index contributed by atoms with van der Waals surface area (Å²) in [5.41, 5.74) is -0.0956. The minimum absolute atomic E-state index is 0.0955. The summed E-state index contributed by atoms with van der Waals surface area (Å²) < 4.78 is 4.00. The van der Waals surface area contributed by atoms with E-state index in [-0.39, 0.29) is 11.3 Å². The van der Waals surface area contributed by atoms with Gasteiger partial charge >= 0.3 is 0 Å². The smallest absolute Gasteiger partial charge is 0.270 e. The van der Waals surface area contributed by atoms with Crippen LogP contribution in [0.15, 0.2) is 24.3 Å². The number of piperidine rings is 2. The van der Waals surface area contributed by atoms with Gasteiger partial charge in [-0.15, -0.1) is 0 Å². The number of hydrogen-bond donors (Lipinski definition) is 1. The lowest BCUT2D eigenvalue weighted by molar-refractivity contribution is -0.384. The Balaban J connectivity index is 1.65. The Kier molecular flexibility index (Phi) is 7.62. The highest BCUT2D eigenvalue weighted by Gasteiger charge is 2.38. The predicted molar refractivity (Wildman–Crippen MR) is 113 cm³/mol. The second-order valence-electron chi connectivity index (χ2n) is 7.54. The topological polar surface area (TPSA) is 84.7 Å². The van der Waals surface area contributed by atoms with Crippen molar-refractivity contribution in [2.75, 3.05) is 19.7 Å². The second kappa shape index (κ2) is 9.79. The van der Waals surface area contributed by atoms with Crippen LogP contribution in [-0.2, 0) is 4.74 Å². The fraction of sp³-hybridized carbons (Fsp3) is 0.632. The molecule has 3 rings (SSSR count). The van der Waals surface area contributed by atoms with E-state index in [0.717, 1.165) is 32.4 Å². The van der Waals surface area contributed by atoms with Crippen molar-refractivity contribution >= 4 is 46.4 Å². The Labute approximate surface area is 184 Å². The maximum atomic E-state index is 12.6. The molecule has 1 amide bonds. The van der Waals surface area contributed by atoms with Crippen molar-refractivity contribution in [2.45, 2.75) is 48.2 Å². The molecular weight excluding hydrogens is 441 g/mol. The molecular formula is C19H24Cl3N3O4. The van der Waals surface area contributed by atoms with Gasteiger partial charge in [-0.3, -0.25) is 14.9 Å². The molecule has 2 heterocycles. The number of nitrogens with zero attached hydrogens (tertiary/aromatic N) is 2. The third-order valence-electron chi connectivity index (χ3n) is 5.58. The number of amides is 1. The van der Waals surface area contributed by atoms with E-state index < -0.39 is 20.9 Å². The Morgan fingerprint density at radius 3 is 2.76 bits per heavy atom. The molecule has 0 aliphatic carbocycles. The van der Waals surface area contributed by atoms with Gasteiger partial charge in [0.1, 0.15) is 0 Å². The number of halogens is 3. The highest BCUT2D eigenvalue weighted by Crippen LogP contribution is 2.34. The Bertz CT molecular complexity index is 742. The van der Waals surface area contributed by atoms with Crippen LogP contribution in [0.3, 0.4) is 0 Å². The van der Waals surface area contributed by atoms with Gasteiger partial charge in [-0.2, -0.15) is 0 Å². The molecule has 3 atom stereocenters. The van der Waals surface area contributed by atoms with E-state index in [0.29, 0.717) is 18.6 Å². The van der Waals surface area contributed by atoms with E-state index in [1.807, 2.05) is 0 Å². The lowest BCUT2D eigenvalue weighted by Gasteiger charge is -2.44. The molecule has 1 aromatic rings. The maximum absolute atomic E-state index is 12.6. The Morgan fingerprint density at radius 1 is 1.28 bits per heavy atom. The van der Waals surface area contributed by atoms with Gasteiger partial charge in [0.15, 0.2) is 6.23 Å². The number of fused-ring (bicyclic) bond motifs is 1. The molecule has 0 radical (unpaired) electrons. The summed E-state index contributed by atoms with van der Waals surface area (Å²) >= 11 is 18.1. The van der Waals surface area contributed by atoms with Crippen LogP contribution in [0.25, 0.3) is 0 Å². The first-order chi connectivity index (χ1) is 13.8. The van der Waals surface area contributed by atoms with Crippen LogP contribution in [-0.4, -0.2) is 51.5 Å². The van der Waals surface area contributed by atoms with E-state index in [2.05, 4.69) is 10.2 Å². The minimum Gasteiger partial charge on any atom is -0.354 e. The molecule has 7 nitrogen and oxygen atoms in total. The molecule has 0 aromatic heterocycles. The van der Waals surface area contributed by atoms with E-state index in [9.17, 15) is 14.9 Å². The molecule has 1 N–H and O–H groups in total. The number of non-ortho nitro benzene ring substituents is 1. The van der Waals surface area contributed by atoms with Crippen molar-refractivity contribution in [2.24, 2.45) is 5.92 Å². The van der Waals surface area contributed by atoms with Crippen LogP contribution in [0.2, 0.25) is 0 Å². The zero-order chi connectivity index (χ0) is 21.0. The zero-order valence-corrected chi connectivity index (χ0v) is 18.1. The summed E-state index contributed by atoms with van der Waals surface area (Å²) in [6.07, 6.45) is 4.52. The number of nitro groups is 1. The van der Waals surface area contributed by atoms with Crippen molar-refractivity contribution in [1.29, 1.82) is 0 Å². The minimum atomic E-state index is -1.88. The van der Waals surface area contributed by atoms with Crippen molar-refractivity contribution in [3.8, 4) is 0 Å². The van der Waals surface area contributed by atoms with E-state index in [1.165, 1.54) is 37.1 Å². The maximum Gasteiger partial charge on any atom is 0.270 e. The largest absolute Gasteiger partial charge is 0.354 e. The Hall–Kier alpha value is -1.12. The lowest BCUT2D eigenvalue weighted by Crippen LogP contribution is -2.51. The number of alkyl halides is 3. The van der Waals surface area contributed by atoms with E-state index in [1.54, 1.807) is 0 Å². The van der Waals surface area contributed by atoms with Gasteiger partial charge in [0.25, 0.3) is 11.6 Å². The quantitative estimate of drug-likeness (QED) is 0.294. The summed E-state index contributed by atoms with van der Waals surface area (Å²) in [5.74, 6) is -0.290. The molecule has 0 saturated carbocycles. The normalized spacial score (nSPS) is 23.8. The summed E-state index contributed by atoms with van der Waals surface area (Å²) in [6.45, 7) is 2.59. The molecule has 160 valence electrons. The average molecular weight is 465 g/mol. The SMILES string of the molecule is O=C(NC(OCC1CCCN2CCCC[C@H]12)C(Cl)(Cl)Cl)c1cccc([N+](=O)[O-])c1. The van der Waals surface area contributed by atoms with Gasteiger partial charge in [0.2, 0.25) is 3.79 Å². The van der Waals surface area contributed by atoms with Crippen LogP contribution < -0.4 is 5.32 Å². The molecule has 0 bridgehead atoms. The van der Waals surface area contributed by atoms with Crippen molar-refractivity contribution < 1.29 is 14.5 Å². The first kappa shape index (κ1) is 22.6. The van der Waals surface area contributed by atoms with Crippen LogP contribution >= 0.6 is 34.8 Å². The monoisotopic (exact) mass is 463 g/mol. The van der Waals surface area contributed by atoms with Gasteiger partial charge in [-0.05, 0) is 50.8 Å². The van der Waals surface area contributed by atoms with Crippen LogP contribution in [0.1, 0.15) is 42.5 Å². The van der Waals surface area contributed by atoms with Crippen LogP contribution in [0, 0.1) is 16.0 Å². The summed E-state index contributed by atoms with van der Waals surface area (Å²) in [5, 5.41) is 13.5. The molecule has 1 aromatic carbocycles. The number of rotatable bonds is 6. The number of carbonyl (C=O) groups excluding carboxylic acids is 1. The second-order valence-corrected chi connectivity index (χ2v) is 9.91. The fourth-order valence-electron chi connectivity index (χ4n) is 4.17. The number of ether oxygens (including phenoxy) is 1. The molecule has 2 aliphatic rings. The van der Waals surface area contributed by atoms with Gasteiger partial charge in [0.05, 0.1) is 11.5 Å². The van der Waals surface area contributed by atoms with E-state index in [4.69, 9.17) is 39.5 Å². The third kappa shape index (κ3) is 5.95. The molecule has 2 fully saturated rings. The summed E-state index contributed by atoms with van der Waals surface area (Å²) in [7, 11) is 0. The van der Waals surface area contributed by atoms with Crippen molar-refractivity contribution in [3.63, 3.8) is 0 Å². The highest BCUT2D eigenvalue weighted by atomic mass is 35.6. The fourth-order valence-corrected chi connectivity index (χ4v) is 4.53. The van der Waals surface area contributed by atoms with Crippen LogP contribution in [0.4, 0.5) is 5.69 Å². The summed E-state index contributed by atoms with van der Waals surface area (Å²) in [6, 6.07) is 5.82. The molecule has 2 saturated heterocycles. The zero-order valence-electron chi connectivity index (χ0n) is 15.9. The Morgan fingerprint density at radius 2 is 2.03 bits per heavy atom. The summed E-state index contributed by atoms with van der Waals surface area (Å²) in [4.78, 5) is 25.4. The number of benzene rings is 1. The number of nitro benzene ring substituents is 1. The molecule has 0 spiro atoms. The number of carbonyl (C=O) groups is 1. The molecule has 2 aliphatic heterocycles. The number of nitrogens with one attached hydrogen (secondary N) is 1. The van der Waals surface area contributed by atoms with Crippen LogP contribution in [0.5, 0.6) is 0 Å². The van der Waals surface area contributed by atoms with Gasteiger partial charge in [0, 0.05) is 23.7 Å².